The molecule has 1 saturated carbocycles. The van der Waals surface area contributed by atoms with Gasteiger partial charge in [0, 0.05) is 25.7 Å². The summed E-state index contributed by atoms with van der Waals surface area (Å²) in [5, 5.41) is 3.62. The lowest BCUT2D eigenvalue weighted by Gasteiger charge is -2.41. The van der Waals surface area contributed by atoms with Gasteiger partial charge in [0.25, 0.3) is 0 Å². The van der Waals surface area contributed by atoms with Gasteiger partial charge in [-0.3, -0.25) is 0 Å². The van der Waals surface area contributed by atoms with Crippen molar-refractivity contribution in [3.05, 3.63) is 0 Å². The number of hydrogen-bond acceptors (Lipinski definition) is 3. The molecule has 1 unspecified atom stereocenters. The summed E-state index contributed by atoms with van der Waals surface area (Å²) in [7, 11) is 4.47. The van der Waals surface area contributed by atoms with Crippen LogP contribution in [-0.4, -0.2) is 62.7 Å². The van der Waals surface area contributed by atoms with Crippen LogP contribution in [0.2, 0.25) is 0 Å². The van der Waals surface area contributed by atoms with Gasteiger partial charge < -0.3 is 15.1 Å². The van der Waals surface area contributed by atoms with E-state index in [0.717, 1.165) is 12.6 Å². The number of likely N-dealkylation sites (N-methyl/N-ethyl adjacent to an activating group) is 1. The Labute approximate surface area is 119 Å². The molecule has 3 heteroatoms. The molecule has 1 heterocycles. The molecule has 1 aliphatic carbocycles. The second-order valence-electron chi connectivity index (χ2n) is 6.98. The summed E-state index contributed by atoms with van der Waals surface area (Å²) < 4.78 is 0. The van der Waals surface area contributed by atoms with Crippen molar-refractivity contribution in [1.29, 1.82) is 0 Å². The molecule has 2 fully saturated rings. The summed E-state index contributed by atoms with van der Waals surface area (Å²) in [5.74, 6) is 0. The molecule has 2 aliphatic rings. The number of nitrogens with zero attached hydrogens (tertiary/aromatic N) is 2. The Hall–Kier alpha value is -0.120. The van der Waals surface area contributed by atoms with Crippen LogP contribution in [-0.2, 0) is 0 Å². The van der Waals surface area contributed by atoms with Crippen LogP contribution >= 0.6 is 0 Å². The van der Waals surface area contributed by atoms with E-state index in [1.54, 1.807) is 0 Å². The Balaban J connectivity index is 1.89. The minimum Gasteiger partial charge on any atom is -0.316 e. The summed E-state index contributed by atoms with van der Waals surface area (Å²) in [6, 6.07) is 0.770. The summed E-state index contributed by atoms with van der Waals surface area (Å²) in [6.45, 7) is 8.49. The fourth-order valence-electron chi connectivity index (χ4n) is 3.98. The Kier molecular flexibility index (Phi) is 5.67. The molecular weight excluding hydrogens is 234 g/mol. The molecule has 3 nitrogen and oxygen atoms in total. The standard InChI is InChI=1S/C16H33N3/c1-4-17-13-16(9-5-6-10-16)14-19-11-7-8-15(12-19)18(2)3/h15,17H,4-14H2,1-3H3. The normalized spacial score (nSPS) is 28.1. The highest BCUT2D eigenvalue weighted by Crippen LogP contribution is 2.38. The van der Waals surface area contributed by atoms with Gasteiger partial charge in [0.2, 0.25) is 0 Å². The van der Waals surface area contributed by atoms with Crippen LogP contribution < -0.4 is 5.32 Å². The van der Waals surface area contributed by atoms with E-state index in [2.05, 4.69) is 36.1 Å². The maximum absolute atomic E-state index is 3.62. The second kappa shape index (κ2) is 7.05. The molecule has 0 aromatic rings. The Morgan fingerprint density at radius 1 is 1.21 bits per heavy atom. The van der Waals surface area contributed by atoms with Crippen LogP contribution in [0, 0.1) is 5.41 Å². The lowest BCUT2D eigenvalue weighted by Crippen LogP contribution is -2.50. The van der Waals surface area contributed by atoms with Crippen molar-refractivity contribution in [2.24, 2.45) is 5.41 Å². The first-order valence-corrected chi connectivity index (χ1v) is 8.25. The van der Waals surface area contributed by atoms with Gasteiger partial charge in [-0.15, -0.1) is 0 Å². The average Bonchev–Trinajstić information content (AvgIpc) is 2.85. The SMILES string of the molecule is CCNCC1(CN2CCCC(N(C)C)C2)CCCC1. The zero-order chi connectivity index (χ0) is 13.7. The quantitative estimate of drug-likeness (QED) is 0.796. The molecule has 112 valence electrons. The van der Waals surface area contributed by atoms with Crippen molar-refractivity contribution in [1.82, 2.24) is 15.1 Å². The van der Waals surface area contributed by atoms with Crippen molar-refractivity contribution in [2.75, 3.05) is 46.8 Å². The van der Waals surface area contributed by atoms with E-state index >= 15 is 0 Å². The topological polar surface area (TPSA) is 18.5 Å². The zero-order valence-corrected chi connectivity index (χ0v) is 13.2. The summed E-state index contributed by atoms with van der Waals surface area (Å²) in [5.41, 5.74) is 0.574. The molecule has 1 aliphatic heterocycles. The van der Waals surface area contributed by atoms with Gasteiger partial charge in [0.1, 0.15) is 0 Å². The number of rotatable bonds is 6. The molecule has 19 heavy (non-hydrogen) atoms. The molecule has 0 radical (unpaired) electrons. The third-order valence-electron chi connectivity index (χ3n) is 5.18. The number of hydrogen-bond donors (Lipinski definition) is 1. The van der Waals surface area contributed by atoms with Gasteiger partial charge >= 0.3 is 0 Å². The zero-order valence-electron chi connectivity index (χ0n) is 13.2. The largest absolute Gasteiger partial charge is 0.316 e. The van der Waals surface area contributed by atoms with Gasteiger partial charge in [0.15, 0.2) is 0 Å². The van der Waals surface area contributed by atoms with Crippen LogP contribution in [0.3, 0.4) is 0 Å². The van der Waals surface area contributed by atoms with E-state index in [0.29, 0.717) is 5.41 Å². The van der Waals surface area contributed by atoms with Gasteiger partial charge in [-0.25, -0.2) is 0 Å². The lowest BCUT2D eigenvalue weighted by atomic mass is 9.84. The molecule has 0 aromatic carbocycles. The van der Waals surface area contributed by atoms with Crippen molar-refractivity contribution in [2.45, 2.75) is 51.5 Å². The molecule has 2 rings (SSSR count). The predicted octanol–water partition coefficient (Wildman–Crippen LogP) is 2.18. The van der Waals surface area contributed by atoms with Gasteiger partial charge in [0.05, 0.1) is 0 Å². The third kappa shape index (κ3) is 4.17. The van der Waals surface area contributed by atoms with Crippen molar-refractivity contribution in [3.63, 3.8) is 0 Å². The summed E-state index contributed by atoms with van der Waals surface area (Å²) >= 11 is 0. The van der Waals surface area contributed by atoms with E-state index in [9.17, 15) is 0 Å². The van der Waals surface area contributed by atoms with Crippen LogP contribution in [0.5, 0.6) is 0 Å². The summed E-state index contributed by atoms with van der Waals surface area (Å²) in [6.07, 6.45) is 8.50. The van der Waals surface area contributed by atoms with Crippen LogP contribution in [0.25, 0.3) is 0 Å². The first-order valence-electron chi connectivity index (χ1n) is 8.25. The molecule has 0 spiro atoms. The Bertz CT molecular complexity index is 259. The summed E-state index contributed by atoms with van der Waals surface area (Å²) in [4.78, 5) is 5.16. The number of piperidine rings is 1. The smallest absolute Gasteiger partial charge is 0.0217 e. The first kappa shape index (κ1) is 15.3. The lowest BCUT2D eigenvalue weighted by molar-refractivity contribution is 0.0850. The first-order chi connectivity index (χ1) is 9.15. The maximum atomic E-state index is 3.62. The minimum atomic E-state index is 0.574. The molecule has 0 bridgehead atoms. The molecule has 1 N–H and O–H groups in total. The van der Waals surface area contributed by atoms with Crippen molar-refractivity contribution < 1.29 is 0 Å². The number of likely N-dealkylation sites (tertiary alicyclic amines) is 1. The van der Waals surface area contributed by atoms with E-state index in [1.807, 2.05) is 0 Å². The molecule has 0 amide bonds. The fraction of sp³-hybridized carbons (Fsp3) is 1.00. The van der Waals surface area contributed by atoms with Crippen molar-refractivity contribution in [3.8, 4) is 0 Å². The van der Waals surface area contributed by atoms with E-state index < -0.39 is 0 Å². The monoisotopic (exact) mass is 267 g/mol. The highest BCUT2D eigenvalue weighted by atomic mass is 15.2. The Morgan fingerprint density at radius 3 is 2.58 bits per heavy atom. The predicted molar refractivity (Wildman–Crippen MR) is 82.6 cm³/mol. The van der Waals surface area contributed by atoms with E-state index in [4.69, 9.17) is 0 Å². The van der Waals surface area contributed by atoms with Crippen LogP contribution in [0.15, 0.2) is 0 Å². The maximum Gasteiger partial charge on any atom is 0.0217 e. The van der Waals surface area contributed by atoms with Crippen LogP contribution in [0.4, 0.5) is 0 Å². The number of nitrogens with one attached hydrogen (secondary N) is 1. The molecule has 1 atom stereocenters. The molecule has 0 aromatic heterocycles. The average molecular weight is 267 g/mol. The minimum absolute atomic E-state index is 0.574. The van der Waals surface area contributed by atoms with Gasteiger partial charge in [-0.1, -0.05) is 19.8 Å². The van der Waals surface area contributed by atoms with E-state index in [-0.39, 0.29) is 0 Å². The molecular formula is C16H33N3. The van der Waals surface area contributed by atoms with Crippen LogP contribution in [0.1, 0.15) is 45.4 Å². The molecule has 1 saturated heterocycles. The third-order valence-corrected chi connectivity index (χ3v) is 5.18. The van der Waals surface area contributed by atoms with Crippen molar-refractivity contribution >= 4 is 0 Å². The highest BCUT2D eigenvalue weighted by Gasteiger charge is 2.36. The van der Waals surface area contributed by atoms with E-state index in [1.165, 1.54) is 64.7 Å². The van der Waals surface area contributed by atoms with Gasteiger partial charge in [-0.2, -0.15) is 0 Å². The highest BCUT2D eigenvalue weighted by molar-refractivity contribution is 4.91. The second-order valence-corrected chi connectivity index (χ2v) is 6.98. The van der Waals surface area contributed by atoms with Gasteiger partial charge in [-0.05, 0) is 58.3 Å². The fourth-order valence-corrected chi connectivity index (χ4v) is 3.98. The Morgan fingerprint density at radius 2 is 1.95 bits per heavy atom.